The van der Waals surface area contributed by atoms with E-state index in [1.54, 1.807) is 6.07 Å². The van der Waals surface area contributed by atoms with Crippen LogP contribution in [0.1, 0.15) is 23.0 Å². The Morgan fingerprint density at radius 3 is 2.74 bits per heavy atom. The van der Waals surface area contributed by atoms with Gasteiger partial charge in [0.25, 0.3) is 0 Å². The highest BCUT2D eigenvalue weighted by Gasteiger charge is 2.17. The number of nitrogens with one attached hydrogen (secondary N) is 1. The summed E-state index contributed by atoms with van der Waals surface area (Å²) < 4.78 is 16.5. The van der Waals surface area contributed by atoms with E-state index >= 15 is 0 Å². The van der Waals surface area contributed by atoms with Crippen molar-refractivity contribution in [3.05, 3.63) is 51.5 Å². The van der Waals surface area contributed by atoms with E-state index in [9.17, 15) is 4.39 Å². The fourth-order valence-corrected chi connectivity index (χ4v) is 2.64. The lowest BCUT2D eigenvalue weighted by Gasteiger charge is -2.17. The molecule has 0 saturated heterocycles. The van der Waals surface area contributed by atoms with E-state index in [1.807, 2.05) is 37.8 Å². The summed E-state index contributed by atoms with van der Waals surface area (Å²) in [6, 6.07) is 7.08. The van der Waals surface area contributed by atoms with E-state index in [0.717, 1.165) is 15.9 Å². The third-order valence-electron chi connectivity index (χ3n) is 3.18. The van der Waals surface area contributed by atoms with E-state index < -0.39 is 0 Å². The summed E-state index contributed by atoms with van der Waals surface area (Å²) in [7, 11) is 3.78. The molecule has 102 valence electrons. The Balaban J connectivity index is 2.29. The number of halogens is 2. The molecule has 0 amide bonds. The Hall–Kier alpha value is -1.20. The average molecular weight is 326 g/mol. The predicted octanol–water partition coefficient (Wildman–Crippen LogP) is 3.13. The molecule has 0 aliphatic heterocycles. The van der Waals surface area contributed by atoms with Crippen molar-refractivity contribution in [1.29, 1.82) is 0 Å². The van der Waals surface area contributed by atoms with Gasteiger partial charge in [-0.25, -0.2) is 4.39 Å². The summed E-state index contributed by atoms with van der Waals surface area (Å²) in [6.07, 6.45) is 0.584. The maximum atomic E-state index is 13.8. The van der Waals surface area contributed by atoms with Crippen LogP contribution in [0.25, 0.3) is 0 Å². The first-order valence-electron chi connectivity index (χ1n) is 6.13. The molecule has 1 heterocycles. The van der Waals surface area contributed by atoms with Crippen molar-refractivity contribution in [3.8, 4) is 0 Å². The molecule has 1 atom stereocenters. The molecule has 0 aliphatic rings. The average Bonchev–Trinajstić information content (AvgIpc) is 2.69. The molecule has 0 fully saturated rings. The van der Waals surface area contributed by atoms with Crippen molar-refractivity contribution in [2.75, 3.05) is 7.05 Å². The molecule has 0 saturated carbocycles. The van der Waals surface area contributed by atoms with Crippen molar-refractivity contribution in [1.82, 2.24) is 15.1 Å². The van der Waals surface area contributed by atoms with E-state index in [1.165, 1.54) is 6.07 Å². The Bertz CT molecular complexity index is 580. The Labute approximate surface area is 121 Å². The minimum absolute atomic E-state index is 0.0370. The lowest BCUT2D eigenvalue weighted by atomic mass is 10.0. The van der Waals surface area contributed by atoms with Gasteiger partial charge in [0.2, 0.25) is 0 Å². The molecule has 19 heavy (non-hydrogen) atoms. The summed E-state index contributed by atoms with van der Waals surface area (Å²) in [5.74, 6) is -0.178. The van der Waals surface area contributed by atoms with Gasteiger partial charge in [-0.3, -0.25) is 4.68 Å². The highest BCUT2D eigenvalue weighted by atomic mass is 79.9. The van der Waals surface area contributed by atoms with Crippen molar-refractivity contribution < 1.29 is 4.39 Å². The normalized spacial score (nSPS) is 12.7. The number of hydrogen-bond donors (Lipinski definition) is 1. The number of likely N-dealkylation sites (N-methyl/N-ethyl adjacent to an activating group) is 1. The van der Waals surface area contributed by atoms with Crippen molar-refractivity contribution in [2.24, 2.45) is 7.05 Å². The molecule has 1 unspecified atom stereocenters. The molecular weight excluding hydrogens is 309 g/mol. The number of nitrogens with zero attached hydrogens (tertiary/aromatic N) is 2. The van der Waals surface area contributed by atoms with E-state index in [-0.39, 0.29) is 11.9 Å². The molecule has 0 spiro atoms. The molecule has 1 aromatic carbocycles. The molecule has 2 rings (SSSR count). The second-order valence-electron chi connectivity index (χ2n) is 4.62. The number of aryl methyl sites for hydroxylation is 2. The second kappa shape index (κ2) is 5.84. The van der Waals surface area contributed by atoms with Gasteiger partial charge < -0.3 is 5.32 Å². The van der Waals surface area contributed by atoms with Crippen LogP contribution in [0, 0.1) is 12.7 Å². The number of benzene rings is 1. The SMILES string of the molecule is CNC(Cc1cc(Br)ccc1F)c1cc(C)nn1C. The van der Waals surface area contributed by atoms with E-state index in [2.05, 4.69) is 26.3 Å². The lowest BCUT2D eigenvalue weighted by molar-refractivity contribution is 0.519. The monoisotopic (exact) mass is 325 g/mol. The van der Waals surface area contributed by atoms with Gasteiger partial charge in [0, 0.05) is 11.5 Å². The molecule has 0 radical (unpaired) electrons. The van der Waals surface area contributed by atoms with Gasteiger partial charge >= 0.3 is 0 Å². The summed E-state index contributed by atoms with van der Waals surface area (Å²) in [5, 5.41) is 7.56. The summed E-state index contributed by atoms with van der Waals surface area (Å²) in [5.41, 5.74) is 2.71. The molecule has 2 aromatic rings. The first kappa shape index (κ1) is 14.2. The Kier molecular flexibility index (Phi) is 4.37. The molecule has 3 nitrogen and oxygen atoms in total. The zero-order valence-electron chi connectivity index (χ0n) is 11.2. The summed E-state index contributed by atoms with van der Waals surface area (Å²) in [4.78, 5) is 0. The molecule has 0 aliphatic carbocycles. The zero-order chi connectivity index (χ0) is 14.0. The Morgan fingerprint density at radius 2 is 2.16 bits per heavy atom. The van der Waals surface area contributed by atoms with Gasteiger partial charge in [-0.2, -0.15) is 5.10 Å². The van der Waals surface area contributed by atoms with Gasteiger partial charge in [0.15, 0.2) is 0 Å². The fraction of sp³-hybridized carbons (Fsp3) is 0.357. The van der Waals surface area contributed by atoms with Gasteiger partial charge in [-0.1, -0.05) is 15.9 Å². The van der Waals surface area contributed by atoms with Crippen LogP contribution in [-0.4, -0.2) is 16.8 Å². The smallest absolute Gasteiger partial charge is 0.126 e. The van der Waals surface area contributed by atoms with Crippen LogP contribution in [0.3, 0.4) is 0 Å². The first-order chi connectivity index (χ1) is 9.01. The molecule has 1 N–H and O–H groups in total. The molecule has 1 aromatic heterocycles. The second-order valence-corrected chi connectivity index (χ2v) is 5.53. The number of aromatic nitrogens is 2. The maximum absolute atomic E-state index is 13.8. The number of rotatable bonds is 4. The van der Waals surface area contributed by atoms with Crippen LogP contribution < -0.4 is 5.32 Å². The first-order valence-corrected chi connectivity index (χ1v) is 6.92. The van der Waals surface area contributed by atoms with Crippen LogP contribution in [-0.2, 0) is 13.5 Å². The summed E-state index contributed by atoms with van der Waals surface area (Å²) in [6.45, 7) is 1.95. The minimum atomic E-state index is -0.178. The van der Waals surface area contributed by atoms with E-state index in [0.29, 0.717) is 12.0 Å². The fourth-order valence-electron chi connectivity index (χ4n) is 2.23. The van der Waals surface area contributed by atoms with Crippen LogP contribution in [0.5, 0.6) is 0 Å². The largest absolute Gasteiger partial charge is 0.311 e. The third kappa shape index (κ3) is 3.22. The molecule has 0 bridgehead atoms. The highest BCUT2D eigenvalue weighted by Crippen LogP contribution is 2.23. The van der Waals surface area contributed by atoms with Crippen LogP contribution >= 0.6 is 15.9 Å². The Morgan fingerprint density at radius 1 is 1.42 bits per heavy atom. The standard InChI is InChI=1S/C14H17BrFN3/c1-9-6-14(19(3)18-9)13(17-2)8-10-7-11(15)4-5-12(10)16/h4-7,13,17H,8H2,1-3H3. The minimum Gasteiger partial charge on any atom is -0.311 e. The van der Waals surface area contributed by atoms with Gasteiger partial charge in [-0.15, -0.1) is 0 Å². The lowest BCUT2D eigenvalue weighted by Crippen LogP contribution is -2.22. The van der Waals surface area contributed by atoms with Crippen LogP contribution in [0.15, 0.2) is 28.7 Å². The van der Waals surface area contributed by atoms with E-state index in [4.69, 9.17) is 0 Å². The van der Waals surface area contributed by atoms with Crippen molar-refractivity contribution in [2.45, 2.75) is 19.4 Å². The quantitative estimate of drug-likeness (QED) is 0.935. The van der Waals surface area contributed by atoms with Crippen LogP contribution in [0.4, 0.5) is 4.39 Å². The highest BCUT2D eigenvalue weighted by molar-refractivity contribution is 9.10. The van der Waals surface area contributed by atoms with Gasteiger partial charge in [0.1, 0.15) is 5.82 Å². The maximum Gasteiger partial charge on any atom is 0.126 e. The van der Waals surface area contributed by atoms with Crippen LogP contribution in [0.2, 0.25) is 0 Å². The van der Waals surface area contributed by atoms with Crippen molar-refractivity contribution >= 4 is 15.9 Å². The molecule has 5 heteroatoms. The van der Waals surface area contributed by atoms with Gasteiger partial charge in [0.05, 0.1) is 17.4 Å². The van der Waals surface area contributed by atoms with Crippen molar-refractivity contribution in [3.63, 3.8) is 0 Å². The summed E-state index contributed by atoms with van der Waals surface area (Å²) >= 11 is 3.38. The van der Waals surface area contributed by atoms with Gasteiger partial charge in [-0.05, 0) is 50.2 Å². The predicted molar refractivity (Wildman–Crippen MR) is 77.5 cm³/mol. The number of hydrogen-bond acceptors (Lipinski definition) is 2. The third-order valence-corrected chi connectivity index (χ3v) is 3.67. The zero-order valence-corrected chi connectivity index (χ0v) is 12.8. The topological polar surface area (TPSA) is 29.9 Å². The molecular formula is C14H17BrFN3.